The van der Waals surface area contributed by atoms with Crippen molar-refractivity contribution in [2.24, 2.45) is 0 Å². The first-order chi connectivity index (χ1) is 11.4. The first kappa shape index (κ1) is 18.4. The molecule has 0 radical (unpaired) electrons. The molecule has 130 valence electrons. The summed E-state index contributed by atoms with van der Waals surface area (Å²) in [7, 11) is 0. The molecule has 0 fully saturated rings. The summed E-state index contributed by atoms with van der Waals surface area (Å²) in [4.78, 5) is 11.6. The van der Waals surface area contributed by atoms with Crippen LogP contribution in [0.5, 0.6) is 0 Å². The summed E-state index contributed by atoms with van der Waals surface area (Å²) in [5.41, 5.74) is 2.58. The van der Waals surface area contributed by atoms with E-state index in [0.717, 1.165) is 16.8 Å². The molecule has 0 spiro atoms. The molecule has 2 N–H and O–H groups in total. The highest BCUT2D eigenvalue weighted by atomic mass is 35.5. The van der Waals surface area contributed by atoms with Gasteiger partial charge in [0.1, 0.15) is 11.0 Å². The van der Waals surface area contributed by atoms with Crippen LogP contribution in [0.2, 0.25) is 5.15 Å². The van der Waals surface area contributed by atoms with E-state index in [4.69, 9.17) is 11.6 Å². The van der Waals surface area contributed by atoms with Crippen molar-refractivity contribution in [1.29, 1.82) is 0 Å². The van der Waals surface area contributed by atoms with E-state index in [1.165, 1.54) is 12.1 Å². The Bertz CT molecular complexity index is 697. The average Bonchev–Trinajstić information content (AvgIpc) is 2.76. The van der Waals surface area contributed by atoms with E-state index in [9.17, 15) is 9.18 Å². The number of benzene rings is 1. The Kier molecular flexibility index (Phi) is 6.34. The van der Waals surface area contributed by atoms with Crippen molar-refractivity contribution in [2.45, 2.75) is 39.9 Å². The van der Waals surface area contributed by atoms with Gasteiger partial charge in [-0.15, -0.1) is 0 Å². The fourth-order valence-corrected chi connectivity index (χ4v) is 2.63. The van der Waals surface area contributed by atoms with Gasteiger partial charge < -0.3 is 10.6 Å². The Morgan fingerprint density at radius 3 is 2.62 bits per heavy atom. The molecule has 0 aliphatic carbocycles. The lowest BCUT2D eigenvalue weighted by atomic mass is 10.2. The van der Waals surface area contributed by atoms with Crippen molar-refractivity contribution in [1.82, 2.24) is 20.4 Å². The topological polar surface area (TPSA) is 59.0 Å². The number of hydrogen-bond donors (Lipinski definition) is 2. The van der Waals surface area contributed by atoms with Crippen molar-refractivity contribution in [3.05, 3.63) is 52.1 Å². The van der Waals surface area contributed by atoms with Gasteiger partial charge in [0.2, 0.25) is 5.91 Å². The number of hydrogen-bond acceptors (Lipinski definition) is 3. The lowest BCUT2D eigenvalue weighted by Gasteiger charge is -2.09. The van der Waals surface area contributed by atoms with E-state index in [1.807, 2.05) is 20.8 Å². The van der Waals surface area contributed by atoms with Crippen LogP contribution >= 0.6 is 11.6 Å². The number of amides is 1. The largest absolute Gasteiger partial charge is 0.353 e. The summed E-state index contributed by atoms with van der Waals surface area (Å²) in [6.07, 6.45) is 0. The summed E-state index contributed by atoms with van der Waals surface area (Å²) in [5, 5.41) is 10.8. The molecular weight excluding hydrogens is 331 g/mol. The molecule has 0 atom stereocenters. The van der Waals surface area contributed by atoms with Gasteiger partial charge in [-0.05, 0) is 38.5 Å². The average molecular weight is 353 g/mol. The summed E-state index contributed by atoms with van der Waals surface area (Å²) in [6, 6.07) is 6.35. The highest BCUT2D eigenvalue weighted by Gasteiger charge is 2.14. The van der Waals surface area contributed by atoms with Gasteiger partial charge in [-0.2, -0.15) is 5.10 Å². The van der Waals surface area contributed by atoms with E-state index < -0.39 is 0 Å². The molecule has 2 rings (SSSR count). The lowest BCUT2D eigenvalue weighted by molar-refractivity contribution is -0.120. The SMILES string of the molecule is Cc1nn(Cc2ccc(F)cc2)c(Cl)c1CNCC(=O)NC(C)C. The Labute approximate surface area is 146 Å². The molecule has 2 aromatic rings. The maximum atomic E-state index is 13.0. The number of carbonyl (C=O) groups is 1. The molecule has 1 heterocycles. The Morgan fingerprint density at radius 1 is 1.33 bits per heavy atom. The molecule has 0 bridgehead atoms. The first-order valence-corrected chi connectivity index (χ1v) is 8.21. The standard InChI is InChI=1S/C17H22ClFN4O/c1-11(2)21-16(24)9-20-8-15-12(3)22-23(17(15)18)10-13-4-6-14(19)7-5-13/h4-7,11,20H,8-10H2,1-3H3,(H,21,24). The van der Waals surface area contributed by atoms with Gasteiger partial charge in [0.05, 0.1) is 18.8 Å². The van der Waals surface area contributed by atoms with Crippen molar-refractivity contribution in [2.75, 3.05) is 6.54 Å². The fraction of sp³-hybridized carbons (Fsp3) is 0.412. The fourth-order valence-electron chi connectivity index (χ4n) is 2.33. The van der Waals surface area contributed by atoms with Crippen LogP contribution in [0.3, 0.4) is 0 Å². The second-order valence-electron chi connectivity index (χ2n) is 5.96. The Hall–Kier alpha value is -1.92. The Balaban J connectivity index is 1.98. The third-order valence-corrected chi connectivity index (χ3v) is 3.89. The maximum absolute atomic E-state index is 13.0. The van der Waals surface area contributed by atoms with E-state index in [1.54, 1.807) is 16.8 Å². The van der Waals surface area contributed by atoms with Crippen molar-refractivity contribution in [3.63, 3.8) is 0 Å². The Morgan fingerprint density at radius 2 is 2.00 bits per heavy atom. The number of rotatable bonds is 7. The first-order valence-electron chi connectivity index (χ1n) is 7.83. The number of carbonyl (C=O) groups excluding carboxylic acids is 1. The zero-order valence-electron chi connectivity index (χ0n) is 14.1. The predicted octanol–water partition coefficient (Wildman–Crippen LogP) is 2.65. The molecule has 5 nitrogen and oxygen atoms in total. The summed E-state index contributed by atoms with van der Waals surface area (Å²) >= 11 is 6.40. The molecule has 0 aliphatic heterocycles. The van der Waals surface area contributed by atoms with Crippen LogP contribution in [0.25, 0.3) is 0 Å². The molecule has 0 unspecified atom stereocenters. The van der Waals surface area contributed by atoms with Crippen LogP contribution in [-0.2, 0) is 17.9 Å². The minimum absolute atomic E-state index is 0.0579. The van der Waals surface area contributed by atoms with Gasteiger partial charge in [0.15, 0.2) is 0 Å². The van der Waals surface area contributed by atoms with Crippen molar-refractivity contribution >= 4 is 17.5 Å². The van der Waals surface area contributed by atoms with Gasteiger partial charge in [-0.25, -0.2) is 9.07 Å². The van der Waals surface area contributed by atoms with Gasteiger partial charge in [0, 0.05) is 18.2 Å². The van der Waals surface area contributed by atoms with E-state index >= 15 is 0 Å². The number of nitrogens with one attached hydrogen (secondary N) is 2. The van der Waals surface area contributed by atoms with E-state index in [-0.39, 0.29) is 24.3 Å². The molecular formula is C17H22ClFN4O. The number of nitrogens with zero attached hydrogens (tertiary/aromatic N) is 2. The normalized spacial score (nSPS) is 11.1. The van der Waals surface area contributed by atoms with Gasteiger partial charge in [-0.1, -0.05) is 23.7 Å². The molecule has 0 saturated heterocycles. The van der Waals surface area contributed by atoms with E-state index in [0.29, 0.717) is 18.2 Å². The van der Waals surface area contributed by atoms with Gasteiger partial charge >= 0.3 is 0 Å². The highest BCUT2D eigenvalue weighted by Crippen LogP contribution is 2.20. The second-order valence-corrected chi connectivity index (χ2v) is 6.32. The third-order valence-electron chi connectivity index (χ3n) is 3.47. The number of aryl methyl sites for hydroxylation is 1. The number of halogens is 2. The zero-order chi connectivity index (χ0) is 17.7. The second kappa shape index (κ2) is 8.26. The van der Waals surface area contributed by atoms with Crippen molar-refractivity contribution < 1.29 is 9.18 Å². The van der Waals surface area contributed by atoms with Gasteiger partial charge in [-0.3, -0.25) is 4.79 Å². The third kappa shape index (κ3) is 5.04. The smallest absolute Gasteiger partial charge is 0.234 e. The van der Waals surface area contributed by atoms with Crippen LogP contribution < -0.4 is 10.6 Å². The molecule has 7 heteroatoms. The summed E-state index contributed by atoms with van der Waals surface area (Å²) < 4.78 is 14.6. The van der Waals surface area contributed by atoms with Crippen LogP contribution in [0.1, 0.15) is 30.7 Å². The predicted molar refractivity (Wildman–Crippen MR) is 92.5 cm³/mol. The van der Waals surface area contributed by atoms with Crippen LogP contribution in [0.15, 0.2) is 24.3 Å². The highest BCUT2D eigenvalue weighted by molar-refractivity contribution is 6.30. The van der Waals surface area contributed by atoms with Crippen LogP contribution in [-0.4, -0.2) is 28.3 Å². The van der Waals surface area contributed by atoms with Crippen molar-refractivity contribution in [3.8, 4) is 0 Å². The van der Waals surface area contributed by atoms with E-state index in [2.05, 4.69) is 15.7 Å². The molecule has 1 aromatic carbocycles. The number of aromatic nitrogens is 2. The van der Waals surface area contributed by atoms with Crippen LogP contribution in [0.4, 0.5) is 4.39 Å². The molecule has 0 saturated carbocycles. The summed E-state index contributed by atoms with van der Waals surface area (Å²) in [5.74, 6) is -0.330. The monoisotopic (exact) mass is 352 g/mol. The zero-order valence-corrected chi connectivity index (χ0v) is 14.8. The molecule has 24 heavy (non-hydrogen) atoms. The lowest BCUT2D eigenvalue weighted by Crippen LogP contribution is -2.37. The summed E-state index contributed by atoms with van der Waals surface area (Å²) in [6.45, 7) is 6.85. The molecule has 0 aliphatic rings. The molecule has 1 amide bonds. The van der Waals surface area contributed by atoms with Crippen LogP contribution in [0, 0.1) is 12.7 Å². The quantitative estimate of drug-likeness (QED) is 0.805. The minimum Gasteiger partial charge on any atom is -0.353 e. The van der Waals surface area contributed by atoms with Gasteiger partial charge in [0.25, 0.3) is 0 Å². The maximum Gasteiger partial charge on any atom is 0.234 e. The molecule has 1 aromatic heterocycles. The minimum atomic E-state index is -0.272.